The number of likely N-dealkylation sites (tertiary alicyclic amines) is 1. The third-order valence-corrected chi connectivity index (χ3v) is 9.80. The molecule has 1 N–H and O–H groups in total. The summed E-state index contributed by atoms with van der Waals surface area (Å²) >= 11 is 0. The molecule has 1 saturated heterocycles. The molecule has 1 aliphatic carbocycles. The molecule has 2 atom stereocenters. The van der Waals surface area contributed by atoms with Crippen LogP contribution in [0.25, 0.3) is 21.8 Å². The average molecular weight is 588 g/mol. The summed E-state index contributed by atoms with van der Waals surface area (Å²) in [7, 11) is -2.67. The van der Waals surface area contributed by atoms with Crippen molar-refractivity contribution in [2.45, 2.75) is 56.0 Å². The van der Waals surface area contributed by atoms with Crippen LogP contribution in [0.3, 0.4) is 0 Å². The van der Waals surface area contributed by atoms with E-state index in [1.165, 1.54) is 12.1 Å². The lowest BCUT2D eigenvalue weighted by molar-refractivity contribution is -0.137. The molecule has 1 aromatic carbocycles. The minimum Gasteiger partial charge on any atom is -0.493 e. The van der Waals surface area contributed by atoms with Gasteiger partial charge < -0.3 is 9.72 Å². The van der Waals surface area contributed by atoms with Gasteiger partial charge in [0.1, 0.15) is 16.8 Å². The van der Waals surface area contributed by atoms with Crippen molar-refractivity contribution in [3.63, 3.8) is 0 Å². The van der Waals surface area contributed by atoms with E-state index in [0.29, 0.717) is 25.4 Å². The number of nitrogens with one attached hydrogen (secondary N) is 1. The Morgan fingerprint density at radius 3 is 2.56 bits per heavy atom. The molecule has 41 heavy (non-hydrogen) atoms. The van der Waals surface area contributed by atoms with Gasteiger partial charge in [-0.05, 0) is 81.3 Å². The van der Waals surface area contributed by atoms with Gasteiger partial charge in [0.15, 0.2) is 10.7 Å². The van der Waals surface area contributed by atoms with E-state index in [2.05, 4.69) is 25.1 Å². The second-order valence-corrected chi connectivity index (χ2v) is 12.3. The van der Waals surface area contributed by atoms with E-state index >= 15 is 0 Å². The summed E-state index contributed by atoms with van der Waals surface area (Å²) in [6.07, 6.45) is 5.98. The number of piperidine rings is 1. The van der Waals surface area contributed by atoms with Gasteiger partial charge in [-0.2, -0.15) is 23.4 Å². The number of pyridine rings is 1. The molecule has 0 spiro atoms. The molecule has 12 heteroatoms. The van der Waals surface area contributed by atoms with E-state index in [0.717, 1.165) is 78.2 Å². The van der Waals surface area contributed by atoms with Gasteiger partial charge in [-0.1, -0.05) is 0 Å². The van der Waals surface area contributed by atoms with Crippen LogP contribution in [-0.2, 0) is 16.9 Å². The normalized spacial score (nSPS) is 23.3. The van der Waals surface area contributed by atoms with Crippen molar-refractivity contribution in [2.24, 2.45) is 11.8 Å². The van der Waals surface area contributed by atoms with Crippen LogP contribution in [0, 0.1) is 11.8 Å². The minimum absolute atomic E-state index is 0.0267. The monoisotopic (exact) mass is 587 g/mol. The fraction of sp³-hybridized carbons (Fsp3) is 0.483. The summed E-state index contributed by atoms with van der Waals surface area (Å²) < 4.78 is 69.5. The molecule has 218 valence electrons. The molecule has 8 nitrogen and oxygen atoms in total. The highest BCUT2D eigenvalue weighted by Gasteiger charge is 2.37. The Morgan fingerprint density at radius 2 is 1.83 bits per heavy atom. The number of aromatic nitrogens is 4. The average Bonchev–Trinajstić information content (AvgIpc) is 3.46. The fourth-order valence-electron chi connectivity index (χ4n) is 6.62. The van der Waals surface area contributed by atoms with Crippen LogP contribution in [-0.4, -0.2) is 58.6 Å². The Kier molecular flexibility index (Phi) is 7.86. The quantitative estimate of drug-likeness (QED) is 0.274. The van der Waals surface area contributed by atoms with Gasteiger partial charge in [-0.25, -0.2) is 13.4 Å². The highest BCUT2D eigenvalue weighted by Crippen LogP contribution is 2.41. The number of benzene rings is 1. The number of thiol groups is 1. The number of aromatic amines is 1. The molecule has 4 aromatic rings. The predicted molar refractivity (Wildman–Crippen MR) is 149 cm³/mol. The van der Waals surface area contributed by atoms with Crippen molar-refractivity contribution in [2.75, 3.05) is 19.7 Å². The first kappa shape index (κ1) is 27.9. The van der Waals surface area contributed by atoms with Crippen molar-refractivity contribution < 1.29 is 26.3 Å². The van der Waals surface area contributed by atoms with Gasteiger partial charge in [0.05, 0.1) is 24.1 Å². The van der Waals surface area contributed by atoms with Crippen LogP contribution in [0.1, 0.15) is 55.7 Å². The molecule has 3 aromatic heterocycles. The molecule has 2 unspecified atom stereocenters. The molecule has 4 heterocycles. The first-order valence-electron chi connectivity index (χ1n) is 14.0. The topological polar surface area (TPSA) is 101 Å². The van der Waals surface area contributed by atoms with Crippen LogP contribution in [0.15, 0.2) is 48.9 Å². The largest absolute Gasteiger partial charge is 0.493 e. The van der Waals surface area contributed by atoms with E-state index in [-0.39, 0.29) is 17.8 Å². The number of ether oxygens (including phenoxy) is 1. The molecule has 2 aliphatic rings. The van der Waals surface area contributed by atoms with E-state index in [4.69, 9.17) is 4.74 Å². The van der Waals surface area contributed by atoms with Gasteiger partial charge >= 0.3 is 6.18 Å². The third kappa shape index (κ3) is 5.90. The zero-order valence-electron chi connectivity index (χ0n) is 22.4. The highest BCUT2D eigenvalue weighted by atomic mass is 32.2. The second-order valence-electron chi connectivity index (χ2n) is 11.2. The number of rotatable bonds is 7. The number of H-pyrrole nitrogens is 1. The third-order valence-electron chi connectivity index (χ3n) is 8.62. The Labute approximate surface area is 237 Å². The van der Waals surface area contributed by atoms with Gasteiger partial charge in [0.25, 0.3) is 0 Å². The first-order chi connectivity index (χ1) is 19.8. The van der Waals surface area contributed by atoms with Crippen LogP contribution in [0.2, 0.25) is 0 Å². The molecule has 0 bridgehead atoms. The van der Waals surface area contributed by atoms with Gasteiger partial charge in [-0.15, -0.1) is 0 Å². The minimum atomic E-state index is -4.39. The van der Waals surface area contributed by atoms with Crippen LogP contribution >= 0.6 is 0 Å². The zero-order chi connectivity index (χ0) is 28.6. The van der Waals surface area contributed by atoms with Crippen molar-refractivity contribution in [1.82, 2.24) is 25.1 Å². The number of halogens is 3. The maximum Gasteiger partial charge on any atom is 0.416 e. The fourth-order valence-corrected chi connectivity index (χ4v) is 7.74. The number of nitrogens with zero attached hydrogens (tertiary/aromatic N) is 4. The molecule has 0 amide bonds. The second kappa shape index (κ2) is 11.6. The molecule has 1 aliphatic heterocycles. The SMILES string of the molecule is O=[SH](=O)C(C1CCC(c2nncc3cnc4[nH]ccc4c23)CC1)N1CCCC(COc2ccc(C(F)(F)F)cc2)C1. The molecule has 0 radical (unpaired) electrons. The van der Waals surface area contributed by atoms with Crippen molar-refractivity contribution in [3.05, 3.63) is 60.2 Å². The van der Waals surface area contributed by atoms with Gasteiger partial charge in [0.2, 0.25) is 0 Å². The number of fused-ring (bicyclic) bond motifs is 3. The lowest BCUT2D eigenvalue weighted by Gasteiger charge is -2.41. The Balaban J connectivity index is 1.10. The van der Waals surface area contributed by atoms with E-state index < -0.39 is 27.8 Å². The molecular weight excluding hydrogens is 555 g/mol. The Bertz CT molecular complexity index is 1570. The van der Waals surface area contributed by atoms with E-state index in [1.54, 1.807) is 6.20 Å². The van der Waals surface area contributed by atoms with Crippen molar-refractivity contribution >= 4 is 32.5 Å². The molecule has 2 fully saturated rings. The summed E-state index contributed by atoms with van der Waals surface area (Å²) in [4.78, 5) is 9.70. The predicted octanol–water partition coefficient (Wildman–Crippen LogP) is 5.53. The Hall–Kier alpha value is -3.25. The zero-order valence-corrected chi connectivity index (χ0v) is 23.3. The lowest BCUT2D eigenvalue weighted by Crippen LogP contribution is -2.48. The van der Waals surface area contributed by atoms with Crippen LogP contribution in [0.4, 0.5) is 13.2 Å². The standard InChI is InChI=1S/C29H32F3N5O3S/c30-29(31,32)22-7-9-23(10-8-22)40-17-18-2-1-13-37(16-18)28(41(38)39)20-5-3-19(4-6-20)26-25-21(15-35-36-26)14-34-27-24(25)11-12-33-27/h7-12,14-15,18-20,28,41H,1-6,13,16-17H2,(H,33,34). The maximum atomic E-state index is 12.8. The van der Waals surface area contributed by atoms with Crippen LogP contribution < -0.4 is 4.74 Å². The van der Waals surface area contributed by atoms with E-state index in [1.807, 2.05) is 18.5 Å². The van der Waals surface area contributed by atoms with E-state index in [9.17, 15) is 21.6 Å². The smallest absolute Gasteiger partial charge is 0.416 e. The number of hydrogen-bond acceptors (Lipinski definition) is 7. The number of hydrogen-bond donors (Lipinski definition) is 2. The lowest BCUT2D eigenvalue weighted by atomic mass is 9.78. The van der Waals surface area contributed by atoms with Crippen LogP contribution in [0.5, 0.6) is 5.75 Å². The highest BCUT2D eigenvalue weighted by molar-refractivity contribution is 7.73. The molecular formula is C29H32F3N5O3S. The summed E-state index contributed by atoms with van der Waals surface area (Å²) in [5.74, 6) is 0.700. The summed E-state index contributed by atoms with van der Waals surface area (Å²) in [6.45, 7) is 1.62. The van der Waals surface area contributed by atoms with Gasteiger partial charge in [0, 0.05) is 46.9 Å². The first-order valence-corrected chi connectivity index (χ1v) is 15.3. The maximum absolute atomic E-state index is 12.8. The number of alkyl halides is 3. The van der Waals surface area contributed by atoms with Crippen molar-refractivity contribution in [1.29, 1.82) is 0 Å². The molecule has 1 saturated carbocycles. The van der Waals surface area contributed by atoms with Gasteiger partial charge in [-0.3, -0.25) is 4.90 Å². The molecule has 6 rings (SSSR count). The summed E-state index contributed by atoms with van der Waals surface area (Å²) in [5, 5.41) is 11.3. The Morgan fingerprint density at radius 1 is 1.05 bits per heavy atom. The van der Waals surface area contributed by atoms with Crippen molar-refractivity contribution in [3.8, 4) is 5.75 Å². The summed E-state index contributed by atoms with van der Waals surface area (Å²) in [6, 6.07) is 6.69. The summed E-state index contributed by atoms with van der Waals surface area (Å²) in [5.41, 5.74) is 1.05.